The van der Waals surface area contributed by atoms with Gasteiger partial charge in [-0.2, -0.15) is 0 Å². The van der Waals surface area contributed by atoms with Crippen molar-refractivity contribution in [2.75, 3.05) is 4.90 Å². The van der Waals surface area contributed by atoms with Crippen molar-refractivity contribution in [2.45, 2.75) is 0 Å². The number of nitrogens with zero attached hydrogens (tertiary/aromatic N) is 2. The van der Waals surface area contributed by atoms with Gasteiger partial charge in [0.2, 0.25) is 0 Å². The van der Waals surface area contributed by atoms with E-state index in [1.165, 1.54) is 38.1 Å². The van der Waals surface area contributed by atoms with E-state index in [9.17, 15) is 0 Å². The number of benzene rings is 9. The molecule has 0 fully saturated rings. The summed E-state index contributed by atoms with van der Waals surface area (Å²) in [5, 5.41) is 7.15. The molecule has 3 nitrogen and oxygen atoms in total. The molecule has 0 amide bonds. The van der Waals surface area contributed by atoms with Gasteiger partial charge in [0.05, 0.1) is 28.1 Å². The summed E-state index contributed by atoms with van der Waals surface area (Å²) < 4.78 is 8.63. The largest absolute Gasteiger partial charge is 0.456 e. The molecule has 0 unspecified atom stereocenters. The normalized spacial score (nSPS) is 11.6. The zero-order valence-corrected chi connectivity index (χ0v) is 29.9. The maximum absolute atomic E-state index is 6.22. The molecule has 0 saturated carbocycles. The van der Waals surface area contributed by atoms with Gasteiger partial charge < -0.3 is 13.9 Å². The van der Waals surface area contributed by atoms with Gasteiger partial charge in [-0.15, -0.1) is 0 Å². The quantitative estimate of drug-likeness (QED) is 0.172. The van der Waals surface area contributed by atoms with Gasteiger partial charge in [-0.05, 0) is 77.2 Å². The highest BCUT2D eigenvalue weighted by Gasteiger charge is 2.21. The van der Waals surface area contributed by atoms with Gasteiger partial charge in [0.1, 0.15) is 11.2 Å². The Bertz CT molecular complexity index is 3160. The third-order valence-corrected chi connectivity index (χ3v) is 11.0. The zero-order valence-electron chi connectivity index (χ0n) is 29.9. The molecule has 11 aromatic rings. The summed E-state index contributed by atoms with van der Waals surface area (Å²) in [6, 6.07) is 74.0. The molecule has 0 bridgehead atoms. The third-order valence-electron chi connectivity index (χ3n) is 11.0. The third kappa shape index (κ3) is 5.05. The number of aromatic nitrogens is 1. The topological polar surface area (TPSA) is 21.3 Å². The van der Waals surface area contributed by atoms with Crippen LogP contribution in [0, 0.1) is 0 Å². The lowest BCUT2D eigenvalue weighted by molar-refractivity contribution is 0.669. The Morgan fingerprint density at radius 3 is 1.73 bits per heavy atom. The van der Waals surface area contributed by atoms with Crippen LogP contribution in [0.4, 0.5) is 17.1 Å². The van der Waals surface area contributed by atoms with Crippen LogP contribution in [-0.4, -0.2) is 4.57 Å². The molecule has 0 aliphatic rings. The lowest BCUT2D eigenvalue weighted by atomic mass is 9.98. The minimum atomic E-state index is 0.894. The summed E-state index contributed by atoms with van der Waals surface area (Å²) >= 11 is 0. The van der Waals surface area contributed by atoms with Crippen LogP contribution in [-0.2, 0) is 0 Å². The minimum Gasteiger partial charge on any atom is -0.456 e. The molecule has 3 heteroatoms. The van der Waals surface area contributed by atoms with E-state index >= 15 is 0 Å². The number of hydrogen-bond donors (Lipinski definition) is 0. The second-order valence-electron chi connectivity index (χ2n) is 14.1. The number of fused-ring (bicyclic) bond motifs is 7. The van der Waals surface area contributed by atoms with Gasteiger partial charge in [0.15, 0.2) is 0 Å². The molecule has 2 aromatic heterocycles. The van der Waals surface area contributed by atoms with Crippen molar-refractivity contribution in [3.63, 3.8) is 0 Å². The van der Waals surface area contributed by atoms with Gasteiger partial charge in [0, 0.05) is 43.7 Å². The van der Waals surface area contributed by atoms with E-state index < -0.39 is 0 Å². The highest BCUT2D eigenvalue weighted by atomic mass is 16.3. The van der Waals surface area contributed by atoms with Crippen molar-refractivity contribution in [1.29, 1.82) is 0 Å². The Hall–Kier alpha value is -7.36. The number of furan rings is 1. The number of anilines is 3. The van der Waals surface area contributed by atoms with Crippen molar-refractivity contribution >= 4 is 71.6 Å². The standard InChI is InChI=1S/C52H34N2O/c1-2-16-39-35(14-1)15-13-26-47(39)53(46-22-8-4-18-41(46)37-30-33-52-45(34-37)44-21-7-12-27-51(44)55-52)38-31-28-36(29-32-38)40-17-3-9-23-48(40)54-49-24-10-5-19-42(49)43-20-6-11-25-50(43)54/h1-34H. The number of hydrogen-bond acceptors (Lipinski definition) is 2. The number of rotatable bonds is 6. The summed E-state index contributed by atoms with van der Waals surface area (Å²) in [6.07, 6.45) is 0. The van der Waals surface area contributed by atoms with Crippen LogP contribution in [0.25, 0.3) is 82.5 Å². The van der Waals surface area contributed by atoms with Gasteiger partial charge in [-0.3, -0.25) is 0 Å². The molecule has 2 heterocycles. The molecule has 0 atom stereocenters. The molecule has 0 radical (unpaired) electrons. The van der Waals surface area contributed by atoms with Crippen LogP contribution < -0.4 is 4.90 Å². The summed E-state index contributed by atoms with van der Waals surface area (Å²) in [7, 11) is 0. The van der Waals surface area contributed by atoms with Crippen LogP contribution in [0.1, 0.15) is 0 Å². The summed E-state index contributed by atoms with van der Waals surface area (Å²) in [5.41, 5.74) is 13.3. The van der Waals surface area contributed by atoms with E-state index in [0.717, 1.165) is 61.4 Å². The van der Waals surface area contributed by atoms with Crippen LogP contribution in [0.5, 0.6) is 0 Å². The maximum Gasteiger partial charge on any atom is 0.135 e. The molecule has 258 valence electrons. The fourth-order valence-corrected chi connectivity index (χ4v) is 8.50. The second-order valence-corrected chi connectivity index (χ2v) is 14.1. The molecule has 0 saturated heterocycles. The SMILES string of the molecule is c1ccc(N(c2ccc(-c3ccccc3-n3c4ccccc4c4ccccc43)cc2)c2cccc3ccccc23)c(-c2ccc3oc4ccccc4c3c2)c1. The molecular formula is C52H34N2O. The Balaban J connectivity index is 1.09. The van der Waals surface area contributed by atoms with Gasteiger partial charge in [-0.1, -0.05) is 146 Å². The van der Waals surface area contributed by atoms with Gasteiger partial charge in [0.25, 0.3) is 0 Å². The van der Waals surface area contributed by atoms with E-state index in [1.54, 1.807) is 0 Å². The Morgan fingerprint density at radius 2 is 0.927 bits per heavy atom. The molecular weight excluding hydrogens is 669 g/mol. The van der Waals surface area contributed by atoms with Crippen molar-refractivity contribution in [3.05, 3.63) is 206 Å². The fraction of sp³-hybridized carbons (Fsp3) is 0. The molecule has 0 spiro atoms. The lowest BCUT2D eigenvalue weighted by Gasteiger charge is -2.29. The van der Waals surface area contributed by atoms with Crippen molar-refractivity contribution < 1.29 is 4.42 Å². The molecule has 55 heavy (non-hydrogen) atoms. The minimum absolute atomic E-state index is 0.894. The van der Waals surface area contributed by atoms with Crippen molar-refractivity contribution in [2.24, 2.45) is 0 Å². The Morgan fingerprint density at radius 1 is 0.364 bits per heavy atom. The van der Waals surface area contributed by atoms with E-state index in [1.807, 2.05) is 12.1 Å². The van der Waals surface area contributed by atoms with Crippen LogP contribution >= 0.6 is 0 Å². The van der Waals surface area contributed by atoms with Crippen molar-refractivity contribution in [1.82, 2.24) is 4.57 Å². The molecule has 9 aromatic carbocycles. The summed E-state index contributed by atoms with van der Waals surface area (Å²) in [5.74, 6) is 0. The van der Waals surface area contributed by atoms with Gasteiger partial charge in [-0.25, -0.2) is 0 Å². The molecule has 11 rings (SSSR count). The van der Waals surface area contributed by atoms with E-state index in [0.29, 0.717) is 0 Å². The van der Waals surface area contributed by atoms with Crippen LogP contribution in [0.2, 0.25) is 0 Å². The first-order valence-corrected chi connectivity index (χ1v) is 18.8. The molecule has 0 aliphatic heterocycles. The average molecular weight is 703 g/mol. The second kappa shape index (κ2) is 12.6. The highest BCUT2D eigenvalue weighted by molar-refractivity contribution is 6.10. The monoisotopic (exact) mass is 702 g/mol. The Kier molecular flexibility index (Phi) is 7.17. The summed E-state index contributed by atoms with van der Waals surface area (Å²) in [4.78, 5) is 2.41. The zero-order chi connectivity index (χ0) is 36.3. The first-order valence-electron chi connectivity index (χ1n) is 18.8. The fourth-order valence-electron chi connectivity index (χ4n) is 8.50. The Labute approximate surface area is 318 Å². The van der Waals surface area contributed by atoms with E-state index in [-0.39, 0.29) is 0 Å². The average Bonchev–Trinajstić information content (AvgIpc) is 3.80. The van der Waals surface area contributed by atoms with Crippen molar-refractivity contribution in [3.8, 4) is 27.9 Å². The summed E-state index contributed by atoms with van der Waals surface area (Å²) in [6.45, 7) is 0. The van der Waals surface area contributed by atoms with E-state index in [2.05, 4.69) is 204 Å². The van der Waals surface area contributed by atoms with E-state index in [4.69, 9.17) is 4.42 Å². The lowest BCUT2D eigenvalue weighted by Crippen LogP contribution is -2.11. The van der Waals surface area contributed by atoms with Gasteiger partial charge >= 0.3 is 0 Å². The smallest absolute Gasteiger partial charge is 0.135 e. The molecule has 0 N–H and O–H groups in total. The highest BCUT2D eigenvalue weighted by Crippen LogP contribution is 2.45. The first kappa shape index (κ1) is 31.2. The maximum atomic E-state index is 6.22. The predicted octanol–water partition coefficient (Wildman–Crippen LogP) is 14.6. The number of para-hydroxylation sites is 5. The molecule has 0 aliphatic carbocycles. The van der Waals surface area contributed by atoms with Crippen LogP contribution in [0.15, 0.2) is 211 Å². The first-order chi connectivity index (χ1) is 27.3. The van der Waals surface area contributed by atoms with Crippen LogP contribution in [0.3, 0.4) is 0 Å². The predicted molar refractivity (Wildman–Crippen MR) is 231 cm³/mol.